The topological polar surface area (TPSA) is 56.7 Å². The molecule has 0 aliphatic carbocycles. The molecule has 2 saturated heterocycles. The zero-order valence-electron chi connectivity index (χ0n) is 12.5. The summed E-state index contributed by atoms with van der Waals surface area (Å²) in [4.78, 5) is 20.6. The third-order valence-electron chi connectivity index (χ3n) is 4.74. The molecule has 1 aromatic rings. The third-order valence-corrected chi connectivity index (χ3v) is 4.74. The van der Waals surface area contributed by atoms with Crippen LogP contribution in [0.3, 0.4) is 0 Å². The van der Waals surface area contributed by atoms with Gasteiger partial charge < -0.3 is 10.0 Å². The van der Waals surface area contributed by atoms with Gasteiger partial charge in [-0.1, -0.05) is 0 Å². The van der Waals surface area contributed by atoms with E-state index in [4.69, 9.17) is 0 Å². The molecule has 5 heteroatoms. The van der Waals surface area contributed by atoms with Crippen LogP contribution in [0, 0.1) is 5.92 Å². The lowest BCUT2D eigenvalue weighted by Gasteiger charge is -2.46. The van der Waals surface area contributed by atoms with E-state index in [-0.39, 0.29) is 5.78 Å². The molecule has 21 heavy (non-hydrogen) atoms. The van der Waals surface area contributed by atoms with Crippen molar-refractivity contribution < 1.29 is 9.90 Å². The van der Waals surface area contributed by atoms with Crippen LogP contribution in [0.25, 0.3) is 0 Å². The van der Waals surface area contributed by atoms with Gasteiger partial charge in [0.1, 0.15) is 5.82 Å². The maximum Gasteiger partial charge on any atom is 0.161 e. The number of fused-ring (bicyclic) bond motifs is 1. The predicted octanol–water partition coefficient (Wildman–Crippen LogP) is 1.18. The Labute approximate surface area is 125 Å². The normalized spacial score (nSPS) is 26.5. The van der Waals surface area contributed by atoms with E-state index in [2.05, 4.69) is 14.8 Å². The summed E-state index contributed by atoms with van der Waals surface area (Å²) in [5.74, 6) is 1.46. The first kappa shape index (κ1) is 14.5. The molecule has 0 bridgehead atoms. The maximum atomic E-state index is 11.3. The number of piperidine rings is 1. The number of pyridine rings is 1. The van der Waals surface area contributed by atoms with Crippen molar-refractivity contribution in [2.24, 2.45) is 5.92 Å². The average Bonchev–Trinajstić information content (AvgIpc) is 2.54. The van der Waals surface area contributed by atoms with Crippen LogP contribution in [0.15, 0.2) is 18.3 Å². The summed E-state index contributed by atoms with van der Waals surface area (Å²) in [5.41, 5.74) is 0.667. The fourth-order valence-electron chi connectivity index (χ4n) is 3.40. The second-order valence-electron chi connectivity index (χ2n) is 6.18. The van der Waals surface area contributed by atoms with Gasteiger partial charge >= 0.3 is 0 Å². The lowest BCUT2D eigenvalue weighted by atomic mass is 9.91. The molecule has 5 nitrogen and oxygen atoms in total. The molecule has 0 aromatic carbocycles. The lowest BCUT2D eigenvalue weighted by Crippen LogP contribution is -2.57. The van der Waals surface area contributed by atoms with Gasteiger partial charge in [-0.15, -0.1) is 0 Å². The number of aromatic nitrogens is 1. The Morgan fingerprint density at radius 3 is 2.86 bits per heavy atom. The minimum absolute atomic E-state index is 0.0567. The number of hydrogen-bond donors (Lipinski definition) is 1. The number of aliphatic hydroxyl groups excluding tert-OH is 1. The first-order valence-corrected chi connectivity index (χ1v) is 7.74. The number of piperazine rings is 1. The standard InChI is InChI=1S/C16H23N3O2/c1-12(21)14-3-5-16(17-8-14)19-7-6-18-9-13(11-20)2-4-15(18)10-19/h3,5,8,13,15,20H,2,4,6-7,9-11H2,1H3. The Bertz CT molecular complexity index is 503. The van der Waals surface area contributed by atoms with Crippen LogP contribution in [0.1, 0.15) is 30.1 Å². The summed E-state index contributed by atoms with van der Waals surface area (Å²) >= 11 is 0. The number of anilines is 1. The smallest absolute Gasteiger partial charge is 0.161 e. The van der Waals surface area contributed by atoms with E-state index < -0.39 is 0 Å². The number of carbonyl (C=O) groups is 1. The van der Waals surface area contributed by atoms with E-state index in [1.165, 1.54) is 0 Å². The van der Waals surface area contributed by atoms with E-state index in [0.29, 0.717) is 24.1 Å². The van der Waals surface area contributed by atoms with Gasteiger partial charge in [0.15, 0.2) is 5.78 Å². The highest BCUT2D eigenvalue weighted by Gasteiger charge is 2.32. The molecule has 3 rings (SSSR count). The molecule has 2 atom stereocenters. The molecule has 2 aliphatic rings. The summed E-state index contributed by atoms with van der Waals surface area (Å²) in [6.45, 7) is 5.87. The molecule has 0 spiro atoms. The van der Waals surface area contributed by atoms with Crippen LogP contribution < -0.4 is 4.90 Å². The number of rotatable bonds is 3. The molecule has 2 fully saturated rings. The monoisotopic (exact) mass is 289 g/mol. The van der Waals surface area contributed by atoms with E-state index in [0.717, 1.165) is 44.8 Å². The highest BCUT2D eigenvalue weighted by molar-refractivity contribution is 5.93. The number of ketones is 1. The number of Topliss-reactive ketones (excluding diaryl/α,β-unsaturated/α-hetero) is 1. The zero-order chi connectivity index (χ0) is 14.8. The van der Waals surface area contributed by atoms with Crippen molar-refractivity contribution in [1.82, 2.24) is 9.88 Å². The van der Waals surface area contributed by atoms with Crippen molar-refractivity contribution in [2.75, 3.05) is 37.7 Å². The second-order valence-corrected chi connectivity index (χ2v) is 6.18. The van der Waals surface area contributed by atoms with Gasteiger partial charge in [0.2, 0.25) is 0 Å². The van der Waals surface area contributed by atoms with Gasteiger partial charge in [0, 0.05) is 50.6 Å². The first-order chi connectivity index (χ1) is 10.2. The molecule has 1 aromatic heterocycles. The molecule has 3 heterocycles. The summed E-state index contributed by atoms with van der Waals surface area (Å²) in [7, 11) is 0. The largest absolute Gasteiger partial charge is 0.396 e. The Balaban J connectivity index is 1.65. The molecule has 114 valence electrons. The average molecular weight is 289 g/mol. The highest BCUT2D eigenvalue weighted by Crippen LogP contribution is 2.26. The molecule has 0 amide bonds. The summed E-state index contributed by atoms with van der Waals surface area (Å²) in [6.07, 6.45) is 3.93. The second kappa shape index (κ2) is 6.12. The van der Waals surface area contributed by atoms with Gasteiger partial charge in [0.05, 0.1) is 0 Å². The summed E-state index contributed by atoms with van der Waals surface area (Å²) in [6, 6.07) is 4.38. The molecule has 0 radical (unpaired) electrons. The minimum atomic E-state index is 0.0567. The van der Waals surface area contributed by atoms with Crippen LogP contribution in [0.5, 0.6) is 0 Å². The van der Waals surface area contributed by atoms with Crippen LogP contribution in [-0.2, 0) is 0 Å². The van der Waals surface area contributed by atoms with Gasteiger partial charge in [-0.05, 0) is 37.8 Å². The van der Waals surface area contributed by atoms with Gasteiger partial charge in [0.25, 0.3) is 0 Å². The van der Waals surface area contributed by atoms with E-state index in [9.17, 15) is 9.90 Å². The lowest BCUT2D eigenvalue weighted by molar-refractivity contribution is 0.0672. The number of nitrogens with zero attached hydrogens (tertiary/aromatic N) is 3. The molecular formula is C16H23N3O2. The van der Waals surface area contributed by atoms with Crippen LogP contribution in [0.2, 0.25) is 0 Å². The third kappa shape index (κ3) is 3.09. The molecule has 2 unspecified atom stereocenters. The van der Waals surface area contributed by atoms with Crippen molar-refractivity contribution in [3.63, 3.8) is 0 Å². The van der Waals surface area contributed by atoms with E-state index in [1.807, 2.05) is 12.1 Å². The first-order valence-electron chi connectivity index (χ1n) is 7.74. The Morgan fingerprint density at radius 2 is 2.19 bits per heavy atom. The number of hydrogen-bond acceptors (Lipinski definition) is 5. The van der Waals surface area contributed by atoms with E-state index >= 15 is 0 Å². The Kier molecular flexibility index (Phi) is 4.22. The molecule has 1 N–H and O–H groups in total. The minimum Gasteiger partial charge on any atom is -0.396 e. The number of carbonyl (C=O) groups excluding carboxylic acids is 1. The van der Waals surface area contributed by atoms with Gasteiger partial charge in [-0.3, -0.25) is 9.69 Å². The molecule has 2 aliphatic heterocycles. The van der Waals surface area contributed by atoms with Crippen molar-refractivity contribution in [1.29, 1.82) is 0 Å². The summed E-state index contributed by atoms with van der Waals surface area (Å²) < 4.78 is 0. The molecule has 0 saturated carbocycles. The Morgan fingerprint density at radius 1 is 1.33 bits per heavy atom. The summed E-state index contributed by atoms with van der Waals surface area (Å²) in [5, 5.41) is 9.31. The SMILES string of the molecule is CC(=O)c1ccc(N2CCN3CC(CO)CCC3C2)nc1. The predicted molar refractivity (Wildman–Crippen MR) is 81.6 cm³/mol. The fraction of sp³-hybridized carbons (Fsp3) is 0.625. The van der Waals surface area contributed by atoms with E-state index in [1.54, 1.807) is 13.1 Å². The van der Waals surface area contributed by atoms with Gasteiger partial charge in [-0.25, -0.2) is 4.98 Å². The van der Waals surface area contributed by atoms with Crippen molar-refractivity contribution >= 4 is 11.6 Å². The molecular weight excluding hydrogens is 266 g/mol. The zero-order valence-corrected chi connectivity index (χ0v) is 12.5. The highest BCUT2D eigenvalue weighted by atomic mass is 16.3. The van der Waals surface area contributed by atoms with Crippen molar-refractivity contribution in [3.05, 3.63) is 23.9 Å². The quantitative estimate of drug-likeness (QED) is 0.847. The van der Waals surface area contributed by atoms with Crippen LogP contribution >= 0.6 is 0 Å². The van der Waals surface area contributed by atoms with Gasteiger partial charge in [-0.2, -0.15) is 0 Å². The van der Waals surface area contributed by atoms with Crippen LogP contribution in [-0.4, -0.2) is 59.6 Å². The van der Waals surface area contributed by atoms with Crippen molar-refractivity contribution in [3.8, 4) is 0 Å². The fourth-order valence-corrected chi connectivity index (χ4v) is 3.40. The van der Waals surface area contributed by atoms with Crippen molar-refractivity contribution in [2.45, 2.75) is 25.8 Å². The number of aliphatic hydroxyl groups is 1. The Hall–Kier alpha value is -1.46. The van der Waals surface area contributed by atoms with Crippen LogP contribution in [0.4, 0.5) is 5.82 Å². The maximum absolute atomic E-state index is 11.3.